The van der Waals surface area contributed by atoms with E-state index < -0.39 is 4.92 Å². The molecule has 0 aliphatic carbocycles. The van der Waals surface area contributed by atoms with E-state index in [0.29, 0.717) is 5.69 Å². The largest absolute Gasteiger partial charge is 0.315 e. The van der Waals surface area contributed by atoms with Gasteiger partial charge in [-0.2, -0.15) is 5.10 Å². The van der Waals surface area contributed by atoms with Crippen LogP contribution < -0.4 is 0 Å². The van der Waals surface area contributed by atoms with Crippen LogP contribution in [0.15, 0.2) is 60.4 Å². The molecular formula is C13H10N6O2. The van der Waals surface area contributed by atoms with E-state index in [-0.39, 0.29) is 5.69 Å². The molecule has 0 radical (unpaired) electrons. The van der Waals surface area contributed by atoms with E-state index in [9.17, 15) is 10.1 Å². The predicted octanol–water partition coefficient (Wildman–Crippen LogP) is 1.86. The van der Waals surface area contributed by atoms with Gasteiger partial charge in [-0.25, -0.2) is 4.68 Å². The number of aromatic nitrogens is 4. The fourth-order valence-corrected chi connectivity index (χ4v) is 1.87. The molecule has 0 amide bonds. The van der Waals surface area contributed by atoms with Crippen LogP contribution in [0.4, 0.5) is 5.69 Å². The SMILES string of the molecule is O=[N+]([O-])c1cccc(-n2cccc2/C=N\n2cnnc2)c1. The Morgan fingerprint density at radius 3 is 2.76 bits per heavy atom. The van der Waals surface area contributed by atoms with Crippen LogP contribution in [0.25, 0.3) is 5.69 Å². The van der Waals surface area contributed by atoms with Crippen molar-refractivity contribution in [3.8, 4) is 5.69 Å². The summed E-state index contributed by atoms with van der Waals surface area (Å²) in [5.74, 6) is 0. The van der Waals surface area contributed by atoms with E-state index in [1.807, 2.05) is 18.3 Å². The number of benzene rings is 1. The Balaban J connectivity index is 1.95. The molecule has 8 heteroatoms. The van der Waals surface area contributed by atoms with E-state index in [4.69, 9.17) is 0 Å². The van der Waals surface area contributed by atoms with Crippen molar-refractivity contribution in [1.29, 1.82) is 0 Å². The lowest BCUT2D eigenvalue weighted by Gasteiger charge is -2.05. The molecule has 0 saturated carbocycles. The van der Waals surface area contributed by atoms with Gasteiger partial charge in [0.2, 0.25) is 0 Å². The summed E-state index contributed by atoms with van der Waals surface area (Å²) < 4.78 is 3.27. The molecule has 0 aliphatic rings. The summed E-state index contributed by atoms with van der Waals surface area (Å²) in [7, 11) is 0. The van der Waals surface area contributed by atoms with Crippen LogP contribution in [0.5, 0.6) is 0 Å². The minimum Gasteiger partial charge on any atom is -0.315 e. The molecule has 8 nitrogen and oxygen atoms in total. The maximum atomic E-state index is 10.8. The highest BCUT2D eigenvalue weighted by molar-refractivity contribution is 5.78. The lowest BCUT2D eigenvalue weighted by atomic mass is 10.2. The average Bonchev–Trinajstić information content (AvgIpc) is 3.16. The van der Waals surface area contributed by atoms with Crippen molar-refractivity contribution in [1.82, 2.24) is 19.4 Å². The highest BCUT2D eigenvalue weighted by Gasteiger charge is 2.08. The van der Waals surface area contributed by atoms with Crippen LogP contribution in [0.2, 0.25) is 0 Å². The van der Waals surface area contributed by atoms with Gasteiger partial charge in [-0.1, -0.05) is 6.07 Å². The first-order valence-corrected chi connectivity index (χ1v) is 6.05. The highest BCUT2D eigenvalue weighted by Crippen LogP contribution is 2.18. The zero-order valence-corrected chi connectivity index (χ0v) is 10.8. The summed E-state index contributed by atoms with van der Waals surface area (Å²) in [6.45, 7) is 0. The van der Waals surface area contributed by atoms with Gasteiger partial charge in [-0.05, 0) is 18.2 Å². The molecule has 2 heterocycles. The summed E-state index contributed by atoms with van der Waals surface area (Å²) in [4.78, 5) is 10.4. The quantitative estimate of drug-likeness (QED) is 0.415. The summed E-state index contributed by atoms with van der Waals surface area (Å²) in [6.07, 6.45) is 6.38. The number of non-ortho nitro benzene ring substituents is 1. The second-order valence-electron chi connectivity index (χ2n) is 4.17. The number of nitro benzene ring substituents is 1. The zero-order valence-electron chi connectivity index (χ0n) is 10.8. The normalized spacial score (nSPS) is 11.0. The molecule has 2 aromatic heterocycles. The molecule has 0 saturated heterocycles. The maximum absolute atomic E-state index is 10.8. The van der Waals surface area contributed by atoms with E-state index in [2.05, 4.69) is 15.3 Å². The smallest absolute Gasteiger partial charge is 0.271 e. The van der Waals surface area contributed by atoms with Gasteiger partial charge in [0.25, 0.3) is 5.69 Å². The number of hydrogen-bond donors (Lipinski definition) is 0. The summed E-state index contributed by atoms with van der Waals surface area (Å²) in [6, 6.07) is 10.1. The van der Waals surface area contributed by atoms with E-state index in [0.717, 1.165) is 5.69 Å². The third-order valence-electron chi connectivity index (χ3n) is 2.83. The van der Waals surface area contributed by atoms with Gasteiger partial charge < -0.3 is 4.57 Å². The molecular weight excluding hydrogens is 272 g/mol. The molecule has 0 aliphatic heterocycles. The molecule has 0 unspecified atom stereocenters. The fourth-order valence-electron chi connectivity index (χ4n) is 1.87. The molecule has 0 N–H and O–H groups in total. The summed E-state index contributed by atoms with van der Waals surface area (Å²) >= 11 is 0. The van der Waals surface area contributed by atoms with Crippen LogP contribution in [-0.2, 0) is 0 Å². The first-order valence-electron chi connectivity index (χ1n) is 6.05. The summed E-state index contributed by atoms with van der Waals surface area (Å²) in [5.41, 5.74) is 1.52. The van der Waals surface area contributed by atoms with Crippen LogP contribution in [0, 0.1) is 10.1 Å². The van der Waals surface area contributed by atoms with Gasteiger partial charge in [-0.3, -0.25) is 10.1 Å². The Labute approximate surface area is 119 Å². The highest BCUT2D eigenvalue weighted by atomic mass is 16.6. The second kappa shape index (κ2) is 5.37. The molecule has 104 valence electrons. The van der Waals surface area contributed by atoms with Crippen LogP contribution >= 0.6 is 0 Å². The van der Waals surface area contributed by atoms with E-state index >= 15 is 0 Å². The maximum Gasteiger partial charge on any atom is 0.271 e. The Morgan fingerprint density at radius 2 is 2.00 bits per heavy atom. The first kappa shape index (κ1) is 12.7. The van der Waals surface area contributed by atoms with Crippen molar-refractivity contribution in [2.24, 2.45) is 5.10 Å². The molecule has 21 heavy (non-hydrogen) atoms. The minimum atomic E-state index is -0.419. The first-order chi connectivity index (χ1) is 10.2. The lowest BCUT2D eigenvalue weighted by Crippen LogP contribution is -2.00. The topological polar surface area (TPSA) is 91.1 Å². The van der Waals surface area contributed by atoms with Crippen LogP contribution in [0.1, 0.15) is 5.69 Å². The molecule has 3 aromatic rings. The number of nitro groups is 1. The monoisotopic (exact) mass is 282 g/mol. The van der Waals surface area contributed by atoms with Gasteiger partial charge in [-0.15, -0.1) is 10.2 Å². The number of hydrogen-bond acceptors (Lipinski definition) is 5. The van der Waals surface area contributed by atoms with Gasteiger partial charge >= 0.3 is 0 Å². The Morgan fingerprint density at radius 1 is 1.19 bits per heavy atom. The van der Waals surface area contributed by atoms with Gasteiger partial charge in [0.1, 0.15) is 12.7 Å². The van der Waals surface area contributed by atoms with Gasteiger partial charge in [0.05, 0.1) is 22.5 Å². The third kappa shape index (κ3) is 2.68. The van der Waals surface area contributed by atoms with Crippen LogP contribution in [-0.4, -0.2) is 30.6 Å². The Kier molecular flexibility index (Phi) is 3.26. The van der Waals surface area contributed by atoms with E-state index in [1.165, 1.54) is 29.5 Å². The van der Waals surface area contributed by atoms with Crippen molar-refractivity contribution in [3.63, 3.8) is 0 Å². The van der Waals surface area contributed by atoms with E-state index in [1.54, 1.807) is 22.9 Å². The third-order valence-corrected chi connectivity index (χ3v) is 2.83. The molecule has 0 fully saturated rings. The molecule has 0 bridgehead atoms. The molecule has 3 rings (SSSR count). The average molecular weight is 282 g/mol. The molecule has 0 atom stereocenters. The second-order valence-corrected chi connectivity index (χ2v) is 4.17. The molecule has 0 spiro atoms. The molecule has 1 aromatic carbocycles. The minimum absolute atomic E-state index is 0.0444. The van der Waals surface area contributed by atoms with Crippen LogP contribution in [0.3, 0.4) is 0 Å². The Hall–Kier alpha value is -3.29. The lowest BCUT2D eigenvalue weighted by molar-refractivity contribution is -0.384. The standard InChI is InChI=1S/C13H10N6O2/c20-19(21)12-4-1-3-11(7-12)18-6-2-5-13(18)8-16-17-9-14-15-10-17/h1-10H/b16-8-. The Bertz CT molecular complexity index is 791. The predicted molar refractivity (Wildman–Crippen MR) is 75.4 cm³/mol. The number of rotatable bonds is 4. The summed E-state index contributed by atoms with van der Waals surface area (Å²) in [5, 5.41) is 22.3. The van der Waals surface area contributed by atoms with Crippen molar-refractivity contribution >= 4 is 11.9 Å². The number of nitrogens with zero attached hydrogens (tertiary/aromatic N) is 6. The van der Waals surface area contributed by atoms with Crippen molar-refractivity contribution < 1.29 is 4.92 Å². The van der Waals surface area contributed by atoms with Crippen molar-refractivity contribution in [2.45, 2.75) is 0 Å². The zero-order chi connectivity index (χ0) is 14.7. The fraction of sp³-hybridized carbons (Fsp3) is 0. The van der Waals surface area contributed by atoms with Gasteiger partial charge in [0, 0.05) is 18.3 Å². The van der Waals surface area contributed by atoms with Gasteiger partial charge in [0.15, 0.2) is 0 Å². The van der Waals surface area contributed by atoms with Crippen molar-refractivity contribution in [3.05, 3.63) is 71.1 Å². The van der Waals surface area contributed by atoms with Crippen molar-refractivity contribution in [2.75, 3.05) is 0 Å².